The molecule has 0 bridgehead atoms. The highest BCUT2D eigenvalue weighted by Crippen LogP contribution is 2.25. The van der Waals surface area contributed by atoms with Crippen LogP contribution in [0.1, 0.15) is 13.8 Å². The summed E-state index contributed by atoms with van der Waals surface area (Å²) in [7, 11) is 0. The Morgan fingerprint density at radius 1 is 1.17 bits per heavy atom. The zero-order chi connectivity index (χ0) is 9.30. The van der Waals surface area contributed by atoms with Crippen molar-refractivity contribution in [1.29, 1.82) is 0 Å². The zero-order valence-electron chi connectivity index (χ0n) is 7.34. The number of aliphatic hydroxyl groups is 3. The molecule has 1 heterocycles. The van der Waals surface area contributed by atoms with Gasteiger partial charge in [-0.05, 0) is 6.92 Å². The summed E-state index contributed by atoms with van der Waals surface area (Å²) < 4.78 is 5.27. The summed E-state index contributed by atoms with van der Waals surface area (Å²) in [5, 5.41) is 27.7. The second kappa shape index (κ2) is 3.70. The highest BCUT2D eigenvalue weighted by molar-refractivity contribution is 4.87. The molecule has 0 radical (unpaired) electrons. The topological polar surface area (TPSA) is 69.9 Å². The molecule has 12 heavy (non-hydrogen) atoms. The quantitative estimate of drug-likeness (QED) is 0.485. The Bertz CT molecular complexity index is 145. The normalized spacial score (nSPS) is 49.2. The molecular formula is C8H16O4. The summed E-state index contributed by atoms with van der Waals surface area (Å²) in [6.45, 7) is 3.38. The Morgan fingerprint density at radius 2 is 1.75 bits per heavy atom. The maximum atomic E-state index is 9.48. The maximum absolute atomic E-state index is 9.48. The molecule has 0 spiro atoms. The molecule has 1 fully saturated rings. The van der Waals surface area contributed by atoms with Gasteiger partial charge in [0.1, 0.15) is 12.2 Å². The Kier molecular flexibility index (Phi) is 3.06. The number of rotatable bonds is 1. The molecule has 0 amide bonds. The first-order valence-corrected chi connectivity index (χ1v) is 4.20. The number of ether oxygens (including phenoxy) is 1. The van der Waals surface area contributed by atoms with Gasteiger partial charge in [-0.2, -0.15) is 0 Å². The van der Waals surface area contributed by atoms with E-state index >= 15 is 0 Å². The lowest BCUT2D eigenvalue weighted by Crippen LogP contribution is -2.53. The van der Waals surface area contributed by atoms with Gasteiger partial charge in [-0.3, -0.25) is 0 Å². The minimum Gasteiger partial charge on any atom is -0.394 e. The Hall–Kier alpha value is -0.160. The molecular weight excluding hydrogens is 160 g/mol. The van der Waals surface area contributed by atoms with Gasteiger partial charge in [-0.15, -0.1) is 0 Å². The van der Waals surface area contributed by atoms with E-state index in [2.05, 4.69) is 0 Å². The summed E-state index contributed by atoms with van der Waals surface area (Å²) >= 11 is 0. The average Bonchev–Trinajstić information content (AvgIpc) is 2.08. The van der Waals surface area contributed by atoms with E-state index in [0.29, 0.717) is 0 Å². The van der Waals surface area contributed by atoms with Gasteiger partial charge in [-0.25, -0.2) is 0 Å². The number of hydrogen-bond acceptors (Lipinski definition) is 4. The molecule has 0 aliphatic carbocycles. The van der Waals surface area contributed by atoms with Crippen LogP contribution in [-0.4, -0.2) is 46.3 Å². The molecule has 1 saturated heterocycles. The third kappa shape index (κ3) is 1.61. The van der Waals surface area contributed by atoms with Crippen molar-refractivity contribution in [2.45, 2.75) is 38.3 Å². The van der Waals surface area contributed by atoms with Crippen LogP contribution in [0.25, 0.3) is 0 Å². The van der Waals surface area contributed by atoms with Crippen molar-refractivity contribution >= 4 is 0 Å². The monoisotopic (exact) mass is 176 g/mol. The van der Waals surface area contributed by atoms with E-state index in [4.69, 9.17) is 9.84 Å². The van der Waals surface area contributed by atoms with Crippen molar-refractivity contribution in [3.8, 4) is 0 Å². The van der Waals surface area contributed by atoms with E-state index in [9.17, 15) is 10.2 Å². The van der Waals surface area contributed by atoms with Gasteiger partial charge in [-0.1, -0.05) is 6.92 Å². The minimum atomic E-state index is -0.971. The highest BCUT2D eigenvalue weighted by atomic mass is 16.5. The van der Waals surface area contributed by atoms with Gasteiger partial charge in [0, 0.05) is 5.92 Å². The van der Waals surface area contributed by atoms with Crippen molar-refractivity contribution in [2.24, 2.45) is 5.92 Å². The van der Waals surface area contributed by atoms with E-state index in [-0.39, 0.29) is 18.6 Å². The summed E-state index contributed by atoms with van der Waals surface area (Å²) in [4.78, 5) is 0. The molecule has 0 aromatic rings. The first kappa shape index (κ1) is 9.92. The minimum absolute atomic E-state index is 0.0946. The fourth-order valence-corrected chi connectivity index (χ4v) is 1.44. The Morgan fingerprint density at radius 3 is 2.25 bits per heavy atom. The van der Waals surface area contributed by atoms with E-state index in [1.807, 2.05) is 13.8 Å². The van der Waals surface area contributed by atoms with Crippen LogP contribution in [0.2, 0.25) is 0 Å². The molecule has 3 unspecified atom stereocenters. The van der Waals surface area contributed by atoms with Crippen molar-refractivity contribution in [3.63, 3.8) is 0 Å². The van der Waals surface area contributed by atoms with Crippen LogP contribution in [0, 0.1) is 5.92 Å². The van der Waals surface area contributed by atoms with Gasteiger partial charge in [0.05, 0.1) is 18.8 Å². The van der Waals surface area contributed by atoms with Gasteiger partial charge in [0.2, 0.25) is 0 Å². The summed E-state index contributed by atoms with van der Waals surface area (Å²) in [6.07, 6.45) is -2.54. The summed E-state index contributed by atoms with van der Waals surface area (Å²) in [5.74, 6) is -0.0946. The third-order valence-corrected chi connectivity index (χ3v) is 2.58. The molecule has 4 nitrogen and oxygen atoms in total. The lowest BCUT2D eigenvalue weighted by atomic mass is 9.89. The second-order valence-corrected chi connectivity index (χ2v) is 3.40. The van der Waals surface area contributed by atoms with Crippen LogP contribution < -0.4 is 0 Å². The van der Waals surface area contributed by atoms with Crippen molar-refractivity contribution in [2.75, 3.05) is 6.61 Å². The smallest absolute Gasteiger partial charge is 0.109 e. The van der Waals surface area contributed by atoms with Crippen LogP contribution >= 0.6 is 0 Å². The molecule has 1 rings (SSSR count). The highest BCUT2D eigenvalue weighted by Gasteiger charge is 2.39. The van der Waals surface area contributed by atoms with E-state index in [1.165, 1.54) is 0 Å². The third-order valence-electron chi connectivity index (χ3n) is 2.58. The first-order valence-electron chi connectivity index (χ1n) is 4.20. The molecule has 4 heteroatoms. The molecule has 1 aliphatic heterocycles. The molecule has 1 aliphatic rings. The van der Waals surface area contributed by atoms with Gasteiger partial charge < -0.3 is 20.1 Å². The predicted octanol–water partition coefficient (Wildman–Crippen LogP) is -0.876. The van der Waals surface area contributed by atoms with E-state index < -0.39 is 18.3 Å². The first-order chi connectivity index (χ1) is 5.57. The predicted molar refractivity (Wildman–Crippen MR) is 42.6 cm³/mol. The largest absolute Gasteiger partial charge is 0.394 e. The fraction of sp³-hybridized carbons (Fsp3) is 1.00. The van der Waals surface area contributed by atoms with E-state index in [0.717, 1.165) is 0 Å². The Labute approximate surface area is 71.8 Å². The van der Waals surface area contributed by atoms with Crippen LogP contribution in [0.15, 0.2) is 0 Å². The maximum Gasteiger partial charge on any atom is 0.109 e. The van der Waals surface area contributed by atoms with Crippen molar-refractivity contribution in [1.82, 2.24) is 0 Å². The van der Waals surface area contributed by atoms with Gasteiger partial charge in [0.25, 0.3) is 0 Å². The number of hydrogen-bond donors (Lipinski definition) is 3. The average molecular weight is 176 g/mol. The van der Waals surface area contributed by atoms with Crippen LogP contribution in [0.4, 0.5) is 0 Å². The second-order valence-electron chi connectivity index (χ2n) is 3.40. The van der Waals surface area contributed by atoms with Crippen LogP contribution in [0.3, 0.4) is 0 Å². The van der Waals surface area contributed by atoms with Gasteiger partial charge in [0.15, 0.2) is 0 Å². The van der Waals surface area contributed by atoms with Crippen LogP contribution in [0.5, 0.6) is 0 Å². The van der Waals surface area contributed by atoms with Crippen molar-refractivity contribution in [3.05, 3.63) is 0 Å². The Balaban J connectivity index is 2.63. The summed E-state index contributed by atoms with van der Waals surface area (Å²) in [5.41, 5.74) is 0. The number of aliphatic hydroxyl groups excluding tert-OH is 3. The van der Waals surface area contributed by atoms with Gasteiger partial charge >= 0.3 is 0 Å². The molecule has 0 aromatic heterocycles. The SMILES string of the molecule is CC1OC(CO)[C@H](O)[C@H](O)C1C. The van der Waals surface area contributed by atoms with Crippen molar-refractivity contribution < 1.29 is 20.1 Å². The molecule has 72 valence electrons. The molecule has 0 aromatic carbocycles. The van der Waals surface area contributed by atoms with Crippen LogP contribution in [-0.2, 0) is 4.74 Å². The lowest BCUT2D eigenvalue weighted by Gasteiger charge is -2.39. The van der Waals surface area contributed by atoms with E-state index in [1.54, 1.807) is 0 Å². The standard InChI is InChI=1S/C8H16O4/c1-4-5(2)12-6(3-9)8(11)7(4)10/h4-11H,3H2,1-2H3/t4?,5?,6?,7-,8+/m1/s1. The molecule has 3 N–H and O–H groups in total. The molecule has 5 atom stereocenters. The zero-order valence-corrected chi connectivity index (χ0v) is 7.34. The summed E-state index contributed by atoms with van der Waals surface area (Å²) in [6, 6.07) is 0. The lowest BCUT2D eigenvalue weighted by molar-refractivity contribution is -0.200. The fourth-order valence-electron chi connectivity index (χ4n) is 1.44. The molecule has 0 saturated carbocycles.